The predicted molar refractivity (Wildman–Crippen MR) is 88.4 cm³/mol. The second-order valence-corrected chi connectivity index (χ2v) is 5.71. The first kappa shape index (κ1) is 18.1. The Hall–Kier alpha value is -2.28. The lowest BCUT2D eigenvalue weighted by Crippen LogP contribution is -2.26. The second kappa shape index (κ2) is 9.12. The van der Waals surface area contributed by atoms with E-state index >= 15 is 0 Å². The van der Waals surface area contributed by atoms with Crippen LogP contribution in [0.15, 0.2) is 28.8 Å². The molecule has 2 aromatic rings. The van der Waals surface area contributed by atoms with Gasteiger partial charge in [0.15, 0.2) is 0 Å². The van der Waals surface area contributed by atoms with Gasteiger partial charge in [-0.2, -0.15) is 4.98 Å². The van der Waals surface area contributed by atoms with Crippen molar-refractivity contribution in [2.24, 2.45) is 5.73 Å². The van der Waals surface area contributed by atoms with Gasteiger partial charge in [0, 0.05) is 12.0 Å². The average molecular weight is 334 g/mol. The number of halogens is 1. The van der Waals surface area contributed by atoms with Crippen LogP contribution in [-0.4, -0.2) is 22.6 Å². The molecule has 130 valence electrons. The van der Waals surface area contributed by atoms with Crippen LogP contribution in [0.4, 0.5) is 4.39 Å². The molecule has 0 spiro atoms. The van der Waals surface area contributed by atoms with Crippen LogP contribution in [0.25, 0.3) is 11.4 Å². The van der Waals surface area contributed by atoms with Crippen LogP contribution in [0.5, 0.6) is 0 Å². The Balaban J connectivity index is 1.84. The summed E-state index contributed by atoms with van der Waals surface area (Å²) in [5.41, 5.74) is 5.96. The number of nitrogens with two attached hydrogens (primary N) is 1. The summed E-state index contributed by atoms with van der Waals surface area (Å²) in [7, 11) is 0. The van der Waals surface area contributed by atoms with E-state index in [-0.39, 0.29) is 11.7 Å². The zero-order chi connectivity index (χ0) is 17.4. The summed E-state index contributed by atoms with van der Waals surface area (Å²) in [6, 6.07) is 5.57. The van der Waals surface area contributed by atoms with E-state index in [1.165, 1.54) is 12.1 Å². The van der Waals surface area contributed by atoms with Crippen LogP contribution in [0.1, 0.15) is 51.0 Å². The molecule has 0 aliphatic rings. The molecule has 0 saturated carbocycles. The van der Waals surface area contributed by atoms with Gasteiger partial charge in [-0.05, 0) is 38.4 Å². The van der Waals surface area contributed by atoms with E-state index in [0.717, 1.165) is 25.7 Å². The monoisotopic (exact) mass is 334 g/mol. The average Bonchev–Trinajstić information content (AvgIpc) is 3.05. The molecule has 2 rings (SSSR count). The Kier molecular flexibility index (Phi) is 6.87. The van der Waals surface area contributed by atoms with Gasteiger partial charge in [-0.3, -0.25) is 4.79 Å². The number of hydrogen-bond acceptors (Lipinski definition) is 5. The summed E-state index contributed by atoms with van der Waals surface area (Å²) in [6.45, 7) is 2.46. The number of benzene rings is 1. The third kappa shape index (κ3) is 5.42. The van der Waals surface area contributed by atoms with Crippen molar-refractivity contribution in [3.05, 3.63) is 36.0 Å². The van der Waals surface area contributed by atoms with Crippen LogP contribution in [0, 0.1) is 5.82 Å². The summed E-state index contributed by atoms with van der Waals surface area (Å²) in [5, 5.41) is 6.67. The summed E-state index contributed by atoms with van der Waals surface area (Å²) in [5.74, 6) is 0.175. The molecular weight excluding hydrogens is 311 g/mol. The lowest BCUT2D eigenvalue weighted by atomic mass is 10.1. The van der Waals surface area contributed by atoms with E-state index in [1.54, 1.807) is 19.1 Å². The van der Waals surface area contributed by atoms with Crippen LogP contribution < -0.4 is 11.1 Å². The van der Waals surface area contributed by atoms with E-state index in [1.807, 2.05) is 0 Å². The lowest BCUT2D eigenvalue weighted by molar-refractivity contribution is -0.122. The number of aromatic nitrogens is 2. The van der Waals surface area contributed by atoms with E-state index in [2.05, 4.69) is 15.5 Å². The molecule has 6 nitrogen and oxygen atoms in total. The van der Waals surface area contributed by atoms with Crippen molar-refractivity contribution in [2.45, 2.75) is 45.1 Å². The van der Waals surface area contributed by atoms with Crippen molar-refractivity contribution >= 4 is 5.91 Å². The normalized spacial score (nSPS) is 12.1. The number of rotatable bonds is 9. The Morgan fingerprint density at radius 1 is 1.33 bits per heavy atom. The smallest absolute Gasteiger partial charge is 0.249 e. The fraction of sp³-hybridized carbons (Fsp3) is 0.471. The molecule has 24 heavy (non-hydrogen) atoms. The van der Waals surface area contributed by atoms with Crippen LogP contribution in [0.3, 0.4) is 0 Å². The van der Waals surface area contributed by atoms with Crippen molar-refractivity contribution in [1.82, 2.24) is 15.5 Å². The topological polar surface area (TPSA) is 94.0 Å². The van der Waals surface area contributed by atoms with E-state index < -0.39 is 6.04 Å². The molecule has 0 radical (unpaired) electrons. The zero-order valence-electron chi connectivity index (χ0n) is 13.8. The van der Waals surface area contributed by atoms with Gasteiger partial charge >= 0.3 is 0 Å². The zero-order valence-corrected chi connectivity index (χ0v) is 13.8. The second-order valence-electron chi connectivity index (χ2n) is 5.71. The molecule has 0 saturated heterocycles. The van der Waals surface area contributed by atoms with Gasteiger partial charge in [-0.1, -0.05) is 30.1 Å². The molecule has 0 aliphatic heterocycles. The minimum absolute atomic E-state index is 0.0549. The highest BCUT2D eigenvalue weighted by Crippen LogP contribution is 2.19. The Morgan fingerprint density at radius 2 is 2.12 bits per heavy atom. The van der Waals surface area contributed by atoms with Crippen molar-refractivity contribution in [2.75, 3.05) is 6.54 Å². The number of nitrogens with zero attached hydrogens (tertiary/aromatic N) is 2. The highest BCUT2D eigenvalue weighted by atomic mass is 19.1. The summed E-state index contributed by atoms with van der Waals surface area (Å²) in [4.78, 5) is 16.1. The van der Waals surface area contributed by atoms with Gasteiger partial charge in [-0.25, -0.2) is 4.39 Å². The van der Waals surface area contributed by atoms with Gasteiger partial charge in [0.1, 0.15) is 11.9 Å². The minimum atomic E-state index is -0.392. The third-order valence-corrected chi connectivity index (χ3v) is 3.63. The molecule has 7 heteroatoms. The lowest BCUT2D eigenvalue weighted by Gasteiger charge is -2.09. The van der Waals surface area contributed by atoms with Crippen LogP contribution in [0.2, 0.25) is 0 Å². The van der Waals surface area contributed by atoms with Crippen molar-refractivity contribution in [3.8, 4) is 11.4 Å². The number of hydrogen-bond donors (Lipinski definition) is 2. The molecule has 3 N–H and O–H groups in total. The maximum Gasteiger partial charge on any atom is 0.249 e. The molecule has 1 aromatic carbocycles. The first-order valence-corrected chi connectivity index (χ1v) is 8.19. The van der Waals surface area contributed by atoms with Crippen LogP contribution in [-0.2, 0) is 4.79 Å². The predicted octanol–water partition coefficient (Wildman–Crippen LogP) is 2.96. The summed E-state index contributed by atoms with van der Waals surface area (Å²) >= 11 is 0. The quantitative estimate of drug-likeness (QED) is 0.688. The molecule has 1 aromatic heterocycles. The Bertz CT molecular complexity index is 660. The van der Waals surface area contributed by atoms with Crippen molar-refractivity contribution in [3.63, 3.8) is 0 Å². The Labute approximate surface area is 140 Å². The van der Waals surface area contributed by atoms with Crippen molar-refractivity contribution in [1.29, 1.82) is 0 Å². The SMILES string of the molecule is CC(NC(=O)CCCCCCN)c1nc(-c2cccc(F)c2)no1. The molecule has 1 unspecified atom stereocenters. The van der Waals surface area contributed by atoms with Crippen LogP contribution >= 0.6 is 0 Å². The third-order valence-electron chi connectivity index (χ3n) is 3.63. The number of nitrogens with one attached hydrogen (secondary N) is 1. The van der Waals surface area contributed by atoms with Gasteiger partial charge in [0.05, 0.1) is 0 Å². The summed E-state index contributed by atoms with van der Waals surface area (Å²) < 4.78 is 18.4. The number of carbonyl (C=O) groups excluding carboxylic acids is 1. The molecule has 1 amide bonds. The van der Waals surface area contributed by atoms with Gasteiger partial charge in [-0.15, -0.1) is 0 Å². The highest BCUT2D eigenvalue weighted by molar-refractivity contribution is 5.76. The number of carbonyl (C=O) groups is 1. The van der Waals surface area contributed by atoms with E-state index in [4.69, 9.17) is 10.3 Å². The van der Waals surface area contributed by atoms with E-state index in [9.17, 15) is 9.18 Å². The highest BCUT2D eigenvalue weighted by Gasteiger charge is 2.17. The fourth-order valence-corrected chi connectivity index (χ4v) is 2.31. The Morgan fingerprint density at radius 3 is 2.88 bits per heavy atom. The largest absolute Gasteiger partial charge is 0.345 e. The molecule has 1 atom stereocenters. The minimum Gasteiger partial charge on any atom is -0.345 e. The molecular formula is C17H23FN4O2. The number of amides is 1. The standard InChI is InChI=1S/C17H23FN4O2/c1-12(20-15(23)9-4-2-3-5-10-19)17-21-16(22-24-17)13-7-6-8-14(18)11-13/h6-8,11-12H,2-5,9-10,19H2,1H3,(H,20,23). The van der Waals surface area contributed by atoms with Gasteiger partial charge < -0.3 is 15.6 Å². The van der Waals surface area contributed by atoms with E-state index in [0.29, 0.717) is 30.2 Å². The molecule has 0 fully saturated rings. The molecule has 0 bridgehead atoms. The maximum atomic E-state index is 13.2. The fourth-order valence-electron chi connectivity index (χ4n) is 2.31. The van der Waals surface area contributed by atoms with Crippen molar-refractivity contribution < 1.29 is 13.7 Å². The first-order chi connectivity index (χ1) is 11.6. The molecule has 0 aliphatic carbocycles. The maximum absolute atomic E-state index is 13.2. The van der Waals surface area contributed by atoms with Gasteiger partial charge in [0.2, 0.25) is 17.6 Å². The first-order valence-electron chi connectivity index (χ1n) is 8.19. The summed E-state index contributed by atoms with van der Waals surface area (Å²) in [6.07, 6.45) is 4.31. The van der Waals surface area contributed by atoms with Gasteiger partial charge in [0.25, 0.3) is 0 Å². The molecule has 1 heterocycles. The number of unbranched alkanes of at least 4 members (excludes halogenated alkanes) is 3.